The Kier molecular flexibility index (Phi) is 8.54. The maximum atomic E-state index is 15.0. The van der Waals surface area contributed by atoms with E-state index in [1.54, 1.807) is 4.90 Å². The van der Waals surface area contributed by atoms with Gasteiger partial charge in [-0.1, -0.05) is 0 Å². The molecule has 0 radical (unpaired) electrons. The van der Waals surface area contributed by atoms with E-state index in [9.17, 15) is 19.1 Å². The first-order chi connectivity index (χ1) is 13.3. The highest BCUT2D eigenvalue weighted by atomic mass is 35.5. The predicted octanol–water partition coefficient (Wildman–Crippen LogP) is 0.576. The van der Waals surface area contributed by atoms with Crippen LogP contribution in [0.1, 0.15) is 10.4 Å². The Morgan fingerprint density at radius 3 is 2.53 bits per heavy atom. The molecule has 30 heavy (non-hydrogen) atoms. The van der Waals surface area contributed by atoms with Crippen LogP contribution in [0.2, 0.25) is 0 Å². The molecule has 5 N–H and O–H groups in total. The summed E-state index contributed by atoms with van der Waals surface area (Å²) in [6.45, 7) is -0.444. The van der Waals surface area contributed by atoms with Crippen LogP contribution in [0.5, 0.6) is 5.75 Å². The fourth-order valence-corrected chi connectivity index (χ4v) is 3.63. The molecule has 0 saturated carbocycles. The van der Waals surface area contributed by atoms with Crippen LogP contribution >= 0.6 is 12.4 Å². The lowest BCUT2D eigenvalue weighted by Gasteiger charge is -2.24. The van der Waals surface area contributed by atoms with Crippen molar-refractivity contribution >= 4 is 35.0 Å². The third-order valence-corrected chi connectivity index (χ3v) is 4.93. The van der Waals surface area contributed by atoms with Crippen molar-refractivity contribution in [1.82, 2.24) is 4.57 Å². The molecule has 0 aliphatic carbocycles. The van der Waals surface area contributed by atoms with Gasteiger partial charge >= 0.3 is 5.97 Å². The highest BCUT2D eigenvalue weighted by Gasteiger charge is 2.34. The quantitative estimate of drug-likeness (QED) is 0.654. The molecule has 1 aliphatic rings. The normalized spacial score (nSPS) is 18.1. The Hall–Kier alpha value is -2.47. The van der Waals surface area contributed by atoms with Crippen LogP contribution in [0.15, 0.2) is 17.1 Å². The number of rotatable bonds is 6. The second-order valence-electron chi connectivity index (χ2n) is 6.54. The first-order valence-electron chi connectivity index (χ1n) is 8.60. The number of nitrogens with two attached hydrogens (primary N) is 1. The van der Waals surface area contributed by atoms with Gasteiger partial charge in [-0.25, -0.2) is 13.6 Å². The number of carboxylic acid groups (broad SMARTS) is 1. The van der Waals surface area contributed by atoms with Crippen molar-refractivity contribution < 1.29 is 33.6 Å². The topological polar surface area (TPSA) is 139 Å². The molecule has 0 amide bonds. The van der Waals surface area contributed by atoms with E-state index < -0.39 is 29.5 Å². The molecule has 0 bridgehead atoms. The van der Waals surface area contributed by atoms with Crippen molar-refractivity contribution in [3.63, 3.8) is 0 Å². The van der Waals surface area contributed by atoms with Crippen LogP contribution in [0.4, 0.5) is 14.5 Å². The van der Waals surface area contributed by atoms with Gasteiger partial charge in [-0.15, -0.1) is 12.4 Å². The van der Waals surface area contributed by atoms with Gasteiger partial charge in [0.25, 0.3) is 0 Å². The van der Waals surface area contributed by atoms with Crippen molar-refractivity contribution in [2.75, 3.05) is 38.9 Å². The van der Waals surface area contributed by atoms with Crippen molar-refractivity contribution in [2.45, 2.75) is 18.7 Å². The second kappa shape index (κ2) is 10.0. The maximum Gasteiger partial charge on any atom is 0.341 e. The van der Waals surface area contributed by atoms with Crippen LogP contribution in [-0.2, 0) is 11.3 Å². The van der Waals surface area contributed by atoms with Gasteiger partial charge in [0.2, 0.25) is 5.43 Å². The first-order valence-corrected chi connectivity index (χ1v) is 8.60. The van der Waals surface area contributed by atoms with Gasteiger partial charge < -0.3 is 35.3 Å². The summed E-state index contributed by atoms with van der Waals surface area (Å²) in [5.41, 5.74) is 4.78. The summed E-state index contributed by atoms with van der Waals surface area (Å²) in [7, 11) is 2.81. The molecule has 1 aromatic carbocycles. The number of aromatic carboxylic acids is 1. The highest BCUT2D eigenvalue weighted by Crippen LogP contribution is 2.39. The molecule has 12 heteroatoms. The number of carboxylic acids is 1. The molecule has 3 rings (SSSR count). The van der Waals surface area contributed by atoms with Crippen LogP contribution in [0.25, 0.3) is 10.9 Å². The fraction of sp³-hybridized carbons (Fsp3) is 0.444. The van der Waals surface area contributed by atoms with E-state index in [0.29, 0.717) is 6.54 Å². The number of methoxy groups -OCH3 is 2. The lowest BCUT2D eigenvalue weighted by Crippen LogP contribution is -2.34. The Bertz CT molecular complexity index is 987. The summed E-state index contributed by atoms with van der Waals surface area (Å²) in [6.07, 6.45) is 0.729. The summed E-state index contributed by atoms with van der Waals surface area (Å²) < 4.78 is 40.1. The van der Waals surface area contributed by atoms with Crippen LogP contribution < -0.4 is 20.8 Å². The molecule has 9 nitrogen and oxygen atoms in total. The minimum atomic E-state index is -1.48. The van der Waals surface area contributed by atoms with E-state index in [2.05, 4.69) is 0 Å². The maximum absolute atomic E-state index is 15.0. The number of ether oxygens (including phenoxy) is 2. The SMILES string of the molecule is COc1c(N2C[C@H](N)[C@H](OC)C2)c(F)cc2c(=O)c(C(=O)O)cn(CCF)c12.Cl.O. The Morgan fingerprint density at radius 1 is 1.37 bits per heavy atom. The number of hydrogen-bond donors (Lipinski definition) is 2. The number of fused-ring (bicyclic) bond motifs is 1. The van der Waals surface area contributed by atoms with E-state index in [4.69, 9.17) is 15.2 Å². The molecule has 1 fully saturated rings. The minimum absolute atomic E-state index is 0. The van der Waals surface area contributed by atoms with E-state index in [1.807, 2.05) is 0 Å². The molecular weight excluding hydrogens is 428 g/mol. The second-order valence-corrected chi connectivity index (χ2v) is 6.54. The largest absolute Gasteiger partial charge is 0.492 e. The van der Waals surface area contributed by atoms with Crippen LogP contribution in [0, 0.1) is 5.82 Å². The first kappa shape index (κ1) is 25.6. The van der Waals surface area contributed by atoms with Gasteiger partial charge in [-0.2, -0.15) is 0 Å². The van der Waals surface area contributed by atoms with Crippen molar-refractivity contribution in [3.8, 4) is 5.75 Å². The van der Waals surface area contributed by atoms with Gasteiger partial charge in [0.05, 0.1) is 36.7 Å². The smallest absolute Gasteiger partial charge is 0.341 e. The lowest BCUT2D eigenvalue weighted by atomic mass is 10.1. The number of hydrogen-bond acceptors (Lipinski definition) is 6. The summed E-state index contributed by atoms with van der Waals surface area (Å²) >= 11 is 0. The van der Waals surface area contributed by atoms with E-state index in [1.165, 1.54) is 18.8 Å². The predicted molar refractivity (Wildman–Crippen MR) is 109 cm³/mol. The van der Waals surface area contributed by atoms with Crippen LogP contribution in [0.3, 0.4) is 0 Å². The molecular formula is C18H24ClF2N3O6. The molecule has 168 valence electrons. The van der Waals surface area contributed by atoms with Crippen molar-refractivity contribution in [1.29, 1.82) is 0 Å². The number of halogens is 3. The monoisotopic (exact) mass is 451 g/mol. The zero-order chi connectivity index (χ0) is 20.6. The molecule has 0 spiro atoms. The fourth-order valence-electron chi connectivity index (χ4n) is 3.63. The Morgan fingerprint density at radius 2 is 2.03 bits per heavy atom. The van der Waals surface area contributed by atoms with Gasteiger partial charge in [0.1, 0.15) is 17.9 Å². The molecule has 2 aromatic rings. The Balaban J connectivity index is 0.00000225. The number of carbonyl (C=O) groups is 1. The van der Waals surface area contributed by atoms with Crippen molar-refractivity contribution in [2.24, 2.45) is 5.73 Å². The standard InChI is InChI=1S/C18H21F2N3O5.ClH.H2O/c1-27-13-8-23(7-12(13)21)15-11(20)5-9-14(17(15)28-2)22(4-3-19)6-10(16(9)24)18(25)26;;/h5-6,12-13H,3-4,7-8,21H2,1-2H3,(H,25,26);1H;1H2/t12-,13+;;/m0../s1. The third kappa shape index (κ3) is 4.19. The van der Waals surface area contributed by atoms with E-state index in [0.717, 1.165) is 12.3 Å². The zero-order valence-corrected chi connectivity index (χ0v) is 17.2. The molecule has 2 atom stereocenters. The number of alkyl halides is 1. The molecule has 0 unspecified atom stereocenters. The van der Waals surface area contributed by atoms with E-state index in [-0.39, 0.29) is 65.5 Å². The molecule has 2 heterocycles. The molecule has 1 aliphatic heterocycles. The van der Waals surface area contributed by atoms with Crippen molar-refractivity contribution in [3.05, 3.63) is 33.9 Å². The van der Waals surface area contributed by atoms with Crippen LogP contribution in [-0.4, -0.2) is 67.2 Å². The molecule has 1 aromatic heterocycles. The third-order valence-electron chi connectivity index (χ3n) is 4.93. The minimum Gasteiger partial charge on any atom is -0.492 e. The van der Waals surface area contributed by atoms with Gasteiger partial charge in [0.15, 0.2) is 11.6 Å². The number of anilines is 1. The lowest BCUT2D eigenvalue weighted by molar-refractivity contribution is 0.0694. The number of pyridine rings is 1. The summed E-state index contributed by atoms with van der Waals surface area (Å²) in [4.78, 5) is 25.6. The van der Waals surface area contributed by atoms with Gasteiger partial charge in [0, 0.05) is 26.4 Å². The summed E-state index contributed by atoms with van der Waals surface area (Å²) in [5, 5.41) is 9.06. The van der Waals surface area contributed by atoms with Gasteiger partial charge in [-0.3, -0.25) is 4.79 Å². The zero-order valence-electron chi connectivity index (χ0n) is 16.4. The number of aromatic nitrogens is 1. The molecule has 1 saturated heterocycles. The number of nitrogens with zero attached hydrogens (tertiary/aromatic N) is 2. The average Bonchev–Trinajstić information content (AvgIpc) is 3.03. The van der Waals surface area contributed by atoms with Gasteiger partial charge in [-0.05, 0) is 6.07 Å². The average molecular weight is 452 g/mol. The summed E-state index contributed by atoms with van der Waals surface area (Å²) in [6, 6.07) is 0.606. The highest BCUT2D eigenvalue weighted by molar-refractivity contribution is 5.97. The summed E-state index contributed by atoms with van der Waals surface area (Å²) in [5.74, 6) is -2.22. The number of benzene rings is 1. The van der Waals surface area contributed by atoms with E-state index >= 15 is 4.39 Å². The number of aryl methyl sites for hydroxylation is 1. The Labute approximate surface area is 176 Å².